The van der Waals surface area contributed by atoms with Gasteiger partial charge in [-0.3, -0.25) is 9.29 Å². The Kier molecular flexibility index (Phi) is 5.63. The molecule has 0 bridgehead atoms. The van der Waals surface area contributed by atoms with Crippen molar-refractivity contribution in [3.05, 3.63) is 90.5 Å². The molecule has 10 heteroatoms. The molecule has 0 saturated carbocycles. The van der Waals surface area contributed by atoms with Crippen molar-refractivity contribution in [3.8, 4) is 17.4 Å². The number of nitrogens with zero attached hydrogens (tertiary/aromatic N) is 4. The number of benzene rings is 2. The molecule has 0 unspecified atom stereocenters. The Hall–Kier alpha value is -3.79. The smallest absolute Gasteiger partial charge is 0.236 e. The number of rotatable bonds is 7. The van der Waals surface area contributed by atoms with Gasteiger partial charge in [-0.05, 0) is 48.9 Å². The fraction of sp³-hybridized carbons (Fsp3) is 0.0952. The van der Waals surface area contributed by atoms with Crippen LogP contribution >= 0.6 is 0 Å². The molecule has 4 rings (SSSR count). The minimum atomic E-state index is -3.65. The van der Waals surface area contributed by atoms with Crippen LogP contribution in [-0.4, -0.2) is 27.9 Å². The summed E-state index contributed by atoms with van der Waals surface area (Å²) >= 11 is 0. The fourth-order valence-corrected chi connectivity index (χ4v) is 4.06. The van der Waals surface area contributed by atoms with Crippen LogP contribution in [0.25, 0.3) is 5.82 Å². The summed E-state index contributed by atoms with van der Waals surface area (Å²) < 4.78 is 47.7. The number of ether oxygens (including phenoxy) is 1. The van der Waals surface area contributed by atoms with E-state index in [4.69, 9.17) is 4.74 Å². The molecule has 2 aromatic carbocycles. The van der Waals surface area contributed by atoms with Crippen molar-refractivity contribution in [1.82, 2.24) is 19.5 Å². The zero-order chi connectivity index (χ0) is 21.8. The van der Waals surface area contributed by atoms with Crippen LogP contribution in [0.3, 0.4) is 0 Å². The van der Waals surface area contributed by atoms with E-state index in [2.05, 4.69) is 19.7 Å². The van der Waals surface area contributed by atoms with E-state index in [9.17, 15) is 12.8 Å². The maximum atomic E-state index is 13.0. The zero-order valence-electron chi connectivity index (χ0n) is 16.4. The summed E-state index contributed by atoms with van der Waals surface area (Å²) in [5, 5.41) is 0. The first-order valence-corrected chi connectivity index (χ1v) is 10.9. The van der Waals surface area contributed by atoms with Gasteiger partial charge in [-0.25, -0.2) is 27.8 Å². The minimum absolute atomic E-state index is 0.261. The van der Waals surface area contributed by atoms with Crippen LogP contribution in [0.4, 0.5) is 10.1 Å². The lowest BCUT2D eigenvalue weighted by Gasteiger charge is -2.10. The Morgan fingerprint density at radius 2 is 1.77 bits per heavy atom. The highest BCUT2D eigenvalue weighted by molar-refractivity contribution is 7.91. The van der Waals surface area contributed by atoms with Gasteiger partial charge in [-0.15, -0.1) is 0 Å². The number of halogens is 1. The summed E-state index contributed by atoms with van der Waals surface area (Å²) in [6, 6.07) is 13.4. The second-order valence-corrected chi connectivity index (χ2v) is 8.40. The Balaban J connectivity index is 1.43. The fourth-order valence-electron chi connectivity index (χ4n) is 2.86. The molecule has 2 aromatic heterocycles. The summed E-state index contributed by atoms with van der Waals surface area (Å²) in [7, 11) is -3.65. The number of aromatic nitrogens is 4. The first kappa shape index (κ1) is 20.5. The molecule has 4 aromatic rings. The lowest BCUT2D eigenvalue weighted by atomic mass is 10.2. The van der Waals surface area contributed by atoms with Crippen LogP contribution in [0.2, 0.25) is 0 Å². The van der Waals surface area contributed by atoms with Crippen molar-refractivity contribution < 1.29 is 17.5 Å². The zero-order valence-corrected chi connectivity index (χ0v) is 17.3. The van der Waals surface area contributed by atoms with Gasteiger partial charge in [-0.2, -0.15) is 0 Å². The molecule has 0 saturated heterocycles. The van der Waals surface area contributed by atoms with E-state index in [1.54, 1.807) is 47.3 Å². The van der Waals surface area contributed by atoms with Crippen LogP contribution in [0.1, 0.15) is 11.4 Å². The van der Waals surface area contributed by atoms with Crippen molar-refractivity contribution in [2.24, 2.45) is 0 Å². The lowest BCUT2D eigenvalue weighted by molar-refractivity contribution is 0.461. The Morgan fingerprint density at radius 3 is 2.45 bits per heavy atom. The van der Waals surface area contributed by atoms with E-state index in [0.717, 1.165) is 5.82 Å². The third-order valence-corrected chi connectivity index (χ3v) is 5.58. The number of hydrogen-bond acceptors (Lipinski definition) is 6. The van der Waals surface area contributed by atoms with Crippen molar-refractivity contribution in [1.29, 1.82) is 0 Å². The number of sulfonamides is 1. The van der Waals surface area contributed by atoms with E-state index in [-0.39, 0.29) is 5.75 Å². The van der Waals surface area contributed by atoms with Crippen molar-refractivity contribution >= 4 is 15.7 Å². The molecular formula is C21H18FN5O3S. The molecule has 8 nitrogen and oxygen atoms in total. The van der Waals surface area contributed by atoms with Gasteiger partial charge in [0.25, 0.3) is 0 Å². The predicted octanol–water partition coefficient (Wildman–Crippen LogP) is 3.84. The van der Waals surface area contributed by atoms with Crippen molar-refractivity contribution in [3.63, 3.8) is 0 Å². The van der Waals surface area contributed by atoms with Gasteiger partial charge in [0.05, 0.1) is 5.75 Å². The number of imidazole rings is 1. The molecule has 158 valence electrons. The molecule has 0 aliphatic rings. The first-order chi connectivity index (χ1) is 14.9. The van der Waals surface area contributed by atoms with E-state index in [1.807, 2.05) is 6.92 Å². The molecule has 0 fully saturated rings. The molecule has 2 heterocycles. The topological polar surface area (TPSA) is 99.0 Å². The highest BCUT2D eigenvalue weighted by atomic mass is 32.2. The van der Waals surface area contributed by atoms with Gasteiger partial charge in [0.15, 0.2) is 0 Å². The molecule has 0 radical (unpaired) electrons. The second-order valence-electron chi connectivity index (χ2n) is 6.67. The summed E-state index contributed by atoms with van der Waals surface area (Å²) in [4.78, 5) is 12.5. The summed E-state index contributed by atoms with van der Waals surface area (Å²) in [6.07, 6.45) is 4.85. The van der Waals surface area contributed by atoms with Gasteiger partial charge in [0.2, 0.25) is 15.9 Å². The molecule has 0 aliphatic heterocycles. The van der Waals surface area contributed by atoms with Crippen LogP contribution in [0.15, 0.2) is 73.3 Å². The van der Waals surface area contributed by atoms with Crippen molar-refractivity contribution in [2.45, 2.75) is 12.7 Å². The van der Waals surface area contributed by atoms with Gasteiger partial charge in [0.1, 0.15) is 29.5 Å². The Labute approximate surface area is 178 Å². The summed E-state index contributed by atoms with van der Waals surface area (Å²) in [6.45, 7) is 1.86. The van der Waals surface area contributed by atoms with E-state index < -0.39 is 15.8 Å². The molecule has 31 heavy (non-hydrogen) atoms. The maximum Gasteiger partial charge on any atom is 0.236 e. The molecule has 0 aliphatic carbocycles. The minimum Gasteiger partial charge on any atom is -0.439 e. The van der Waals surface area contributed by atoms with Crippen LogP contribution < -0.4 is 9.46 Å². The van der Waals surface area contributed by atoms with Crippen molar-refractivity contribution in [2.75, 3.05) is 4.72 Å². The monoisotopic (exact) mass is 439 g/mol. The molecule has 1 N–H and O–H groups in total. The van der Waals surface area contributed by atoms with E-state index in [0.29, 0.717) is 28.7 Å². The average Bonchev–Trinajstić information content (AvgIpc) is 3.17. The molecule has 0 atom stereocenters. The third kappa shape index (κ3) is 5.23. The molecule has 0 spiro atoms. The van der Waals surface area contributed by atoms with Gasteiger partial charge in [-0.1, -0.05) is 12.1 Å². The number of hydrogen-bond donors (Lipinski definition) is 1. The van der Waals surface area contributed by atoms with Gasteiger partial charge >= 0.3 is 0 Å². The normalized spacial score (nSPS) is 11.3. The Morgan fingerprint density at radius 1 is 1.03 bits per heavy atom. The quantitative estimate of drug-likeness (QED) is 0.470. The van der Waals surface area contributed by atoms with Crippen LogP contribution in [0.5, 0.6) is 11.6 Å². The number of nitrogens with one attached hydrogen (secondary N) is 1. The standard InChI is InChI=1S/C21H18FN5O3S/c1-15-23-10-11-27(15)20-12-21(25-14-24-20)30-19-8-6-18(7-9-19)26-31(28,29)13-16-2-4-17(22)5-3-16/h2-12,14,26H,13H2,1H3. The van der Waals surface area contributed by atoms with E-state index >= 15 is 0 Å². The second kappa shape index (κ2) is 8.52. The third-order valence-electron chi connectivity index (χ3n) is 4.32. The highest BCUT2D eigenvalue weighted by Crippen LogP contribution is 2.23. The Bertz CT molecular complexity index is 1290. The average molecular weight is 439 g/mol. The SMILES string of the molecule is Cc1nccn1-c1cc(Oc2ccc(NS(=O)(=O)Cc3ccc(F)cc3)cc2)ncn1. The summed E-state index contributed by atoms with van der Waals surface area (Å²) in [5.74, 6) is 1.53. The molecular weight excluding hydrogens is 421 g/mol. The predicted molar refractivity (Wildman–Crippen MR) is 113 cm³/mol. The van der Waals surface area contributed by atoms with Crippen LogP contribution in [-0.2, 0) is 15.8 Å². The number of aryl methyl sites for hydroxylation is 1. The van der Waals surface area contributed by atoms with Gasteiger partial charge < -0.3 is 4.74 Å². The van der Waals surface area contributed by atoms with E-state index in [1.165, 1.54) is 30.6 Å². The van der Waals surface area contributed by atoms with Gasteiger partial charge in [0, 0.05) is 24.1 Å². The molecule has 0 amide bonds. The lowest BCUT2D eigenvalue weighted by Crippen LogP contribution is -2.15. The highest BCUT2D eigenvalue weighted by Gasteiger charge is 2.12. The summed E-state index contributed by atoms with van der Waals surface area (Å²) in [5.41, 5.74) is 0.869. The largest absolute Gasteiger partial charge is 0.439 e. The maximum absolute atomic E-state index is 13.0. The van der Waals surface area contributed by atoms with Crippen LogP contribution in [0, 0.1) is 12.7 Å². The first-order valence-electron chi connectivity index (χ1n) is 9.23. The number of anilines is 1.